The second kappa shape index (κ2) is 9.09. The van der Waals surface area contributed by atoms with Gasteiger partial charge in [-0.15, -0.1) is 0 Å². The minimum absolute atomic E-state index is 0.0146. The van der Waals surface area contributed by atoms with Gasteiger partial charge in [0.25, 0.3) is 5.69 Å². The van der Waals surface area contributed by atoms with Crippen LogP contribution in [0.1, 0.15) is 36.8 Å². The molecule has 2 aromatic carbocycles. The Labute approximate surface area is 192 Å². The Hall–Kier alpha value is -3.00. The lowest BCUT2D eigenvalue weighted by Gasteiger charge is -2.50. The molecule has 8 heteroatoms. The van der Waals surface area contributed by atoms with Crippen molar-refractivity contribution >= 4 is 17.3 Å². The van der Waals surface area contributed by atoms with Gasteiger partial charge in [-0.05, 0) is 48.6 Å². The van der Waals surface area contributed by atoms with E-state index in [4.69, 9.17) is 0 Å². The smallest absolute Gasteiger partial charge is 0.269 e. The number of benzene rings is 2. The largest absolute Gasteiger partial charge is 0.365 e. The second-order valence-electron chi connectivity index (χ2n) is 9.42. The number of nitro groups is 1. The normalized spacial score (nSPS) is 23.1. The molecule has 2 fully saturated rings. The minimum Gasteiger partial charge on any atom is -0.365 e. The second-order valence-corrected chi connectivity index (χ2v) is 9.42. The molecule has 7 nitrogen and oxygen atoms in total. The summed E-state index contributed by atoms with van der Waals surface area (Å²) >= 11 is 0. The van der Waals surface area contributed by atoms with Gasteiger partial charge in [-0.3, -0.25) is 19.8 Å². The maximum Gasteiger partial charge on any atom is 0.269 e. The van der Waals surface area contributed by atoms with Gasteiger partial charge in [-0.2, -0.15) is 0 Å². The predicted molar refractivity (Wildman–Crippen MR) is 124 cm³/mol. The SMILES string of the molecule is O=C(NCc1cccc(F)c1)[C@@H]1Cc2cc([N+](=O)[O-])ccc2N2CCN(C3CCCC3)C[C@@H]12. The topological polar surface area (TPSA) is 78.7 Å². The van der Waals surface area contributed by atoms with Crippen LogP contribution >= 0.6 is 0 Å². The van der Waals surface area contributed by atoms with Crippen molar-refractivity contribution in [2.75, 3.05) is 24.5 Å². The van der Waals surface area contributed by atoms with Crippen LogP contribution in [0.2, 0.25) is 0 Å². The lowest BCUT2D eigenvalue weighted by molar-refractivity contribution is -0.384. The number of carbonyl (C=O) groups is 1. The lowest BCUT2D eigenvalue weighted by Crippen LogP contribution is -2.62. The Kier molecular flexibility index (Phi) is 6.01. The molecule has 0 aromatic heterocycles. The monoisotopic (exact) mass is 452 g/mol. The summed E-state index contributed by atoms with van der Waals surface area (Å²) in [4.78, 5) is 29.2. The third-order valence-corrected chi connectivity index (χ3v) is 7.47. The molecule has 1 saturated carbocycles. The standard InChI is InChI=1S/C25H29FN4O3/c26-19-5-3-4-17(12-19)15-27-25(31)22-14-18-13-21(30(32)33)8-9-23(18)29-11-10-28(16-24(22)29)20-6-1-2-7-20/h3-5,8-9,12-13,20,22,24H,1-2,6-7,10-11,14-16H2,(H,27,31)/t22-,24+/m1/s1. The quantitative estimate of drug-likeness (QED) is 0.553. The molecule has 2 aromatic rings. The van der Waals surface area contributed by atoms with Crippen molar-refractivity contribution < 1.29 is 14.1 Å². The zero-order valence-corrected chi connectivity index (χ0v) is 18.6. The van der Waals surface area contributed by atoms with Crippen LogP contribution in [0.3, 0.4) is 0 Å². The molecule has 2 atom stereocenters. The summed E-state index contributed by atoms with van der Waals surface area (Å²) in [5.41, 5.74) is 2.62. The number of anilines is 1. The molecule has 1 aliphatic carbocycles. The first-order chi connectivity index (χ1) is 16.0. The van der Waals surface area contributed by atoms with E-state index in [0.717, 1.165) is 30.9 Å². The van der Waals surface area contributed by atoms with Crippen molar-refractivity contribution in [2.45, 2.75) is 50.7 Å². The van der Waals surface area contributed by atoms with E-state index in [9.17, 15) is 19.3 Å². The summed E-state index contributed by atoms with van der Waals surface area (Å²) in [7, 11) is 0. The molecule has 1 amide bonds. The van der Waals surface area contributed by atoms with Gasteiger partial charge in [0.1, 0.15) is 5.82 Å². The fourth-order valence-corrected chi connectivity index (χ4v) is 5.81. The van der Waals surface area contributed by atoms with E-state index < -0.39 is 0 Å². The number of hydrogen-bond donors (Lipinski definition) is 1. The van der Waals surface area contributed by atoms with Crippen molar-refractivity contribution in [2.24, 2.45) is 5.92 Å². The van der Waals surface area contributed by atoms with Crippen LogP contribution < -0.4 is 10.2 Å². The molecule has 0 bridgehead atoms. The van der Waals surface area contributed by atoms with Gasteiger partial charge in [-0.1, -0.05) is 25.0 Å². The first kappa shape index (κ1) is 21.8. The van der Waals surface area contributed by atoms with Crippen LogP contribution in [-0.2, 0) is 17.8 Å². The lowest BCUT2D eigenvalue weighted by atomic mass is 9.82. The van der Waals surface area contributed by atoms with Crippen molar-refractivity contribution in [1.29, 1.82) is 0 Å². The van der Waals surface area contributed by atoms with Gasteiger partial charge in [-0.25, -0.2) is 4.39 Å². The number of amides is 1. The highest BCUT2D eigenvalue weighted by Gasteiger charge is 2.43. The van der Waals surface area contributed by atoms with Gasteiger partial charge in [0, 0.05) is 50.0 Å². The fourth-order valence-electron chi connectivity index (χ4n) is 5.81. The van der Waals surface area contributed by atoms with Gasteiger partial charge in [0.05, 0.1) is 16.9 Å². The van der Waals surface area contributed by atoms with Gasteiger partial charge in [0.2, 0.25) is 5.91 Å². The van der Waals surface area contributed by atoms with Crippen LogP contribution in [-0.4, -0.2) is 47.4 Å². The molecule has 1 N–H and O–H groups in total. The van der Waals surface area contributed by atoms with Crippen LogP contribution in [0, 0.1) is 21.8 Å². The Morgan fingerprint density at radius 2 is 1.97 bits per heavy atom. The van der Waals surface area contributed by atoms with E-state index >= 15 is 0 Å². The van der Waals surface area contributed by atoms with E-state index in [1.165, 1.54) is 37.8 Å². The number of fused-ring (bicyclic) bond motifs is 3. The van der Waals surface area contributed by atoms with Gasteiger partial charge < -0.3 is 10.2 Å². The van der Waals surface area contributed by atoms with Crippen molar-refractivity contribution in [3.05, 3.63) is 69.5 Å². The molecule has 2 heterocycles. The molecule has 0 unspecified atom stereocenters. The summed E-state index contributed by atoms with van der Waals surface area (Å²) < 4.78 is 13.5. The molecular weight excluding hydrogens is 423 g/mol. The Balaban J connectivity index is 1.40. The van der Waals surface area contributed by atoms with E-state index in [2.05, 4.69) is 15.1 Å². The summed E-state index contributed by atoms with van der Waals surface area (Å²) in [6, 6.07) is 11.8. The van der Waals surface area contributed by atoms with E-state index in [1.807, 2.05) is 6.07 Å². The number of hydrogen-bond acceptors (Lipinski definition) is 5. The minimum atomic E-state index is -0.385. The molecule has 0 spiro atoms. The molecule has 2 aliphatic heterocycles. The zero-order chi connectivity index (χ0) is 22.9. The van der Waals surface area contributed by atoms with Crippen molar-refractivity contribution in [1.82, 2.24) is 10.2 Å². The maximum absolute atomic E-state index is 13.5. The number of halogens is 1. The summed E-state index contributed by atoms with van der Waals surface area (Å²) in [6.45, 7) is 2.82. The predicted octanol–water partition coefficient (Wildman–Crippen LogP) is 3.66. The fraction of sp³-hybridized carbons (Fsp3) is 0.480. The summed E-state index contributed by atoms with van der Waals surface area (Å²) in [6.07, 6.45) is 5.42. The Morgan fingerprint density at radius 3 is 2.73 bits per heavy atom. The highest BCUT2D eigenvalue weighted by Crippen LogP contribution is 2.39. The molecule has 5 rings (SSSR count). The van der Waals surface area contributed by atoms with Crippen LogP contribution in [0.25, 0.3) is 0 Å². The highest BCUT2D eigenvalue weighted by atomic mass is 19.1. The maximum atomic E-state index is 13.5. The van der Waals surface area contributed by atoms with Crippen LogP contribution in [0.4, 0.5) is 15.8 Å². The first-order valence-electron chi connectivity index (χ1n) is 11.8. The number of carbonyl (C=O) groups excluding carboxylic acids is 1. The number of rotatable bonds is 5. The molecular formula is C25H29FN4O3. The molecule has 174 valence electrons. The van der Waals surface area contributed by atoms with E-state index in [1.54, 1.807) is 24.3 Å². The number of nitrogens with zero attached hydrogens (tertiary/aromatic N) is 3. The summed E-state index contributed by atoms with van der Waals surface area (Å²) in [5.74, 6) is -0.733. The number of non-ortho nitro benzene ring substituents is 1. The molecule has 1 saturated heterocycles. The average molecular weight is 453 g/mol. The van der Waals surface area contributed by atoms with Gasteiger partial charge in [0.15, 0.2) is 0 Å². The van der Waals surface area contributed by atoms with E-state index in [-0.39, 0.29) is 40.8 Å². The zero-order valence-electron chi connectivity index (χ0n) is 18.6. The highest BCUT2D eigenvalue weighted by molar-refractivity contribution is 5.82. The van der Waals surface area contributed by atoms with Crippen molar-refractivity contribution in [3.8, 4) is 0 Å². The third kappa shape index (κ3) is 4.44. The van der Waals surface area contributed by atoms with Crippen molar-refractivity contribution in [3.63, 3.8) is 0 Å². The Morgan fingerprint density at radius 1 is 1.15 bits per heavy atom. The van der Waals surface area contributed by atoms with Crippen LogP contribution in [0.15, 0.2) is 42.5 Å². The third-order valence-electron chi connectivity index (χ3n) is 7.47. The first-order valence-corrected chi connectivity index (χ1v) is 11.8. The molecule has 3 aliphatic rings. The number of nitrogens with one attached hydrogen (secondary N) is 1. The van der Waals surface area contributed by atoms with E-state index in [0.29, 0.717) is 18.0 Å². The number of nitro benzene ring substituents is 1. The molecule has 33 heavy (non-hydrogen) atoms. The summed E-state index contributed by atoms with van der Waals surface area (Å²) in [5, 5.41) is 14.3. The van der Waals surface area contributed by atoms with Crippen LogP contribution in [0.5, 0.6) is 0 Å². The average Bonchev–Trinajstić information content (AvgIpc) is 3.36. The molecule has 0 radical (unpaired) electrons. The number of piperazine rings is 1. The van der Waals surface area contributed by atoms with Gasteiger partial charge >= 0.3 is 0 Å². The Bertz CT molecular complexity index is 1060.